The van der Waals surface area contributed by atoms with Crippen LogP contribution >= 0.6 is 0 Å². The summed E-state index contributed by atoms with van der Waals surface area (Å²) in [5, 5.41) is 9.42. The summed E-state index contributed by atoms with van der Waals surface area (Å²) >= 11 is 0. The zero-order valence-electron chi connectivity index (χ0n) is 14.2. The third kappa shape index (κ3) is 3.02. The van der Waals surface area contributed by atoms with E-state index in [4.69, 9.17) is 0 Å². The van der Waals surface area contributed by atoms with Gasteiger partial charge in [0.1, 0.15) is 5.69 Å². The van der Waals surface area contributed by atoms with Crippen LogP contribution < -0.4 is 4.90 Å². The van der Waals surface area contributed by atoms with Crippen molar-refractivity contribution in [1.82, 2.24) is 15.2 Å². The summed E-state index contributed by atoms with van der Waals surface area (Å²) in [5.74, 6) is 0.252. The molecule has 4 aromatic rings. The first-order chi connectivity index (χ1) is 12.7. The molecule has 4 rings (SSSR count). The molecule has 0 saturated carbocycles. The van der Waals surface area contributed by atoms with E-state index >= 15 is 0 Å². The lowest BCUT2D eigenvalue weighted by atomic mass is 10.1. The molecular weight excluding hydrogens is 324 g/mol. The highest BCUT2D eigenvalue weighted by atomic mass is 16.2. The van der Waals surface area contributed by atoms with E-state index in [0.29, 0.717) is 11.5 Å². The van der Waals surface area contributed by atoms with Gasteiger partial charge in [0.25, 0.3) is 5.91 Å². The number of aromatic nitrogens is 3. The molecule has 2 heterocycles. The van der Waals surface area contributed by atoms with Crippen LogP contribution in [-0.2, 0) is 0 Å². The summed E-state index contributed by atoms with van der Waals surface area (Å²) in [7, 11) is 1.67. The zero-order valence-corrected chi connectivity index (χ0v) is 14.2. The molecule has 0 unspecified atom stereocenters. The first-order valence-electron chi connectivity index (χ1n) is 8.25. The Bertz CT molecular complexity index is 1060. The number of benzene rings is 2. The number of pyridine rings is 1. The second kappa shape index (κ2) is 6.72. The van der Waals surface area contributed by atoms with Crippen LogP contribution in [0.15, 0.2) is 78.9 Å². The number of fused-ring (bicyclic) bond motifs is 1. The fraction of sp³-hybridized carbons (Fsp3) is 0.0476. The summed E-state index contributed by atoms with van der Waals surface area (Å²) in [6.07, 6.45) is 0. The van der Waals surface area contributed by atoms with Crippen LogP contribution in [0, 0.1) is 0 Å². The molecule has 0 N–H and O–H groups in total. The SMILES string of the molecule is CN(C(=O)c1ccc2ccccc2n1)c1ccc(-c2ccccc2)nn1. The Labute approximate surface area is 151 Å². The third-order valence-corrected chi connectivity index (χ3v) is 4.19. The van der Waals surface area contributed by atoms with Gasteiger partial charge in [0.05, 0.1) is 11.2 Å². The van der Waals surface area contributed by atoms with Gasteiger partial charge in [-0.15, -0.1) is 10.2 Å². The summed E-state index contributed by atoms with van der Waals surface area (Å²) in [6, 6.07) is 24.8. The molecule has 2 aromatic heterocycles. The number of carbonyl (C=O) groups excluding carboxylic acids is 1. The molecule has 0 fully saturated rings. The Morgan fingerprint density at radius 1 is 0.808 bits per heavy atom. The van der Waals surface area contributed by atoms with Gasteiger partial charge in [-0.05, 0) is 24.3 Å². The standard InChI is InChI=1S/C21H16N4O/c1-25(20-14-13-18(23-24-20)15-7-3-2-4-8-15)21(26)19-12-11-16-9-5-6-10-17(16)22-19/h2-14H,1H3. The molecule has 26 heavy (non-hydrogen) atoms. The maximum absolute atomic E-state index is 12.7. The van der Waals surface area contributed by atoms with Crippen LogP contribution in [0.25, 0.3) is 22.2 Å². The van der Waals surface area contributed by atoms with Gasteiger partial charge < -0.3 is 0 Å². The van der Waals surface area contributed by atoms with Crippen molar-refractivity contribution in [2.75, 3.05) is 11.9 Å². The fourth-order valence-electron chi connectivity index (χ4n) is 2.73. The van der Waals surface area contributed by atoms with E-state index in [1.54, 1.807) is 19.2 Å². The first kappa shape index (κ1) is 15.9. The number of para-hydroxylation sites is 1. The Kier molecular flexibility index (Phi) is 4.11. The number of carbonyl (C=O) groups is 1. The van der Waals surface area contributed by atoms with Crippen LogP contribution in [0.1, 0.15) is 10.5 Å². The zero-order chi connectivity index (χ0) is 17.9. The van der Waals surface area contributed by atoms with Crippen molar-refractivity contribution >= 4 is 22.6 Å². The van der Waals surface area contributed by atoms with Crippen molar-refractivity contribution < 1.29 is 4.79 Å². The lowest BCUT2D eigenvalue weighted by Crippen LogP contribution is -2.28. The van der Waals surface area contributed by atoms with Crippen molar-refractivity contribution in [2.24, 2.45) is 0 Å². The van der Waals surface area contributed by atoms with E-state index in [0.717, 1.165) is 22.2 Å². The quantitative estimate of drug-likeness (QED) is 0.566. The average Bonchev–Trinajstić information content (AvgIpc) is 2.73. The highest BCUT2D eigenvalue weighted by molar-refractivity contribution is 6.04. The van der Waals surface area contributed by atoms with E-state index in [1.165, 1.54) is 4.90 Å². The topological polar surface area (TPSA) is 59.0 Å². The number of anilines is 1. The fourth-order valence-corrected chi connectivity index (χ4v) is 2.73. The summed E-state index contributed by atoms with van der Waals surface area (Å²) in [4.78, 5) is 18.6. The van der Waals surface area contributed by atoms with Gasteiger partial charge in [-0.2, -0.15) is 0 Å². The molecule has 0 aliphatic heterocycles. The predicted octanol–water partition coefficient (Wildman–Crippen LogP) is 3.97. The second-order valence-electron chi connectivity index (χ2n) is 5.90. The summed E-state index contributed by atoms with van der Waals surface area (Å²) in [5.41, 5.74) is 2.91. The van der Waals surface area contributed by atoms with Crippen molar-refractivity contribution in [1.29, 1.82) is 0 Å². The molecule has 5 nitrogen and oxygen atoms in total. The van der Waals surface area contributed by atoms with Crippen molar-refractivity contribution in [3.63, 3.8) is 0 Å². The Balaban J connectivity index is 1.59. The van der Waals surface area contributed by atoms with E-state index in [2.05, 4.69) is 15.2 Å². The number of nitrogens with zero attached hydrogens (tertiary/aromatic N) is 4. The number of hydrogen-bond acceptors (Lipinski definition) is 4. The van der Waals surface area contributed by atoms with E-state index in [1.807, 2.05) is 66.7 Å². The Morgan fingerprint density at radius 3 is 2.35 bits per heavy atom. The number of rotatable bonds is 3. The molecule has 0 saturated heterocycles. The highest BCUT2D eigenvalue weighted by Crippen LogP contribution is 2.19. The molecule has 0 bridgehead atoms. The molecule has 2 aromatic carbocycles. The van der Waals surface area contributed by atoms with Crippen LogP contribution in [0.4, 0.5) is 5.82 Å². The van der Waals surface area contributed by atoms with E-state index in [9.17, 15) is 4.79 Å². The smallest absolute Gasteiger partial charge is 0.277 e. The van der Waals surface area contributed by atoms with Crippen LogP contribution in [0.3, 0.4) is 0 Å². The van der Waals surface area contributed by atoms with E-state index < -0.39 is 0 Å². The number of amides is 1. The van der Waals surface area contributed by atoms with Gasteiger partial charge in [0.2, 0.25) is 0 Å². The van der Waals surface area contributed by atoms with Crippen LogP contribution in [0.5, 0.6) is 0 Å². The molecule has 0 aliphatic rings. The minimum absolute atomic E-state index is 0.225. The lowest BCUT2D eigenvalue weighted by molar-refractivity contribution is 0.0987. The molecule has 0 spiro atoms. The van der Waals surface area contributed by atoms with Crippen LogP contribution in [0.2, 0.25) is 0 Å². The van der Waals surface area contributed by atoms with Gasteiger partial charge >= 0.3 is 0 Å². The maximum Gasteiger partial charge on any atom is 0.277 e. The molecule has 0 atom stereocenters. The molecular formula is C21H16N4O. The Hall–Kier alpha value is -3.60. The molecule has 1 amide bonds. The lowest BCUT2D eigenvalue weighted by Gasteiger charge is -2.15. The summed E-state index contributed by atoms with van der Waals surface area (Å²) < 4.78 is 0. The van der Waals surface area contributed by atoms with Crippen molar-refractivity contribution in [3.8, 4) is 11.3 Å². The normalized spacial score (nSPS) is 10.7. The van der Waals surface area contributed by atoms with Crippen molar-refractivity contribution in [3.05, 3.63) is 84.6 Å². The first-order valence-corrected chi connectivity index (χ1v) is 8.25. The van der Waals surface area contributed by atoms with Gasteiger partial charge in [0.15, 0.2) is 5.82 Å². The average molecular weight is 340 g/mol. The van der Waals surface area contributed by atoms with Crippen molar-refractivity contribution in [2.45, 2.75) is 0 Å². The van der Waals surface area contributed by atoms with Gasteiger partial charge in [0, 0.05) is 18.0 Å². The van der Waals surface area contributed by atoms with Crippen LogP contribution in [-0.4, -0.2) is 28.1 Å². The molecule has 5 heteroatoms. The van der Waals surface area contributed by atoms with E-state index in [-0.39, 0.29) is 5.91 Å². The van der Waals surface area contributed by atoms with Gasteiger partial charge in [-0.25, -0.2) is 4.98 Å². The molecule has 126 valence electrons. The monoisotopic (exact) mass is 340 g/mol. The largest absolute Gasteiger partial charge is 0.293 e. The minimum atomic E-state index is -0.225. The minimum Gasteiger partial charge on any atom is -0.293 e. The second-order valence-corrected chi connectivity index (χ2v) is 5.90. The third-order valence-electron chi connectivity index (χ3n) is 4.19. The molecule has 0 aliphatic carbocycles. The maximum atomic E-state index is 12.7. The highest BCUT2D eigenvalue weighted by Gasteiger charge is 2.17. The predicted molar refractivity (Wildman–Crippen MR) is 102 cm³/mol. The molecule has 0 radical (unpaired) electrons. The summed E-state index contributed by atoms with van der Waals surface area (Å²) in [6.45, 7) is 0. The number of hydrogen-bond donors (Lipinski definition) is 0. The Morgan fingerprint density at radius 2 is 1.58 bits per heavy atom. The van der Waals surface area contributed by atoms with Gasteiger partial charge in [-0.3, -0.25) is 9.69 Å². The van der Waals surface area contributed by atoms with Gasteiger partial charge in [-0.1, -0.05) is 54.6 Å².